The average Bonchev–Trinajstić information content (AvgIpc) is 1.97. The number of carbonyl (C=O) groups excluding carboxylic acids is 1. The molecular weight excluding hydrogens is 202 g/mol. The normalized spacial score (nSPS) is 10.0. The van der Waals surface area contributed by atoms with Gasteiger partial charge < -0.3 is 0 Å². The van der Waals surface area contributed by atoms with E-state index in [1.54, 1.807) is 6.92 Å². The molecule has 0 fully saturated rings. The molecule has 1 aromatic rings. The lowest BCUT2D eigenvalue weighted by Crippen LogP contribution is -1.96. The third-order valence-corrected chi connectivity index (χ3v) is 2.06. The van der Waals surface area contributed by atoms with Crippen molar-refractivity contribution in [1.82, 2.24) is 0 Å². The van der Waals surface area contributed by atoms with Gasteiger partial charge in [0.15, 0.2) is 0 Å². The lowest BCUT2D eigenvalue weighted by atomic mass is 10.1. The Morgan fingerprint density at radius 3 is 2.50 bits per heavy atom. The molecule has 0 bridgehead atoms. The lowest BCUT2D eigenvalue weighted by Gasteiger charge is -2.02. The van der Waals surface area contributed by atoms with Gasteiger partial charge in [-0.25, -0.2) is 4.39 Å². The smallest absolute Gasteiger partial charge is 0.254 e. The summed E-state index contributed by atoms with van der Waals surface area (Å²) < 4.78 is 12.8. The Morgan fingerprint density at radius 1 is 1.50 bits per heavy atom. The largest absolute Gasteiger partial charge is 0.276 e. The predicted octanol–water partition coefficient (Wildman–Crippen LogP) is 3.17. The van der Waals surface area contributed by atoms with E-state index in [1.165, 1.54) is 12.1 Å². The van der Waals surface area contributed by atoms with Crippen LogP contribution in [0.1, 0.15) is 15.9 Å². The van der Waals surface area contributed by atoms with Crippen LogP contribution in [0.2, 0.25) is 5.02 Å². The fourth-order valence-electron chi connectivity index (χ4n) is 0.888. The summed E-state index contributed by atoms with van der Waals surface area (Å²) in [5.41, 5.74) is 0.611. The highest BCUT2D eigenvalue weighted by molar-refractivity contribution is 6.69. The molecule has 0 aromatic heterocycles. The number of halogens is 3. The molecule has 4 heteroatoms. The monoisotopic (exact) mass is 206 g/mol. The maximum Gasteiger partial charge on any atom is 0.254 e. The number of benzene rings is 1. The molecule has 0 heterocycles. The van der Waals surface area contributed by atoms with E-state index in [-0.39, 0.29) is 10.6 Å². The van der Waals surface area contributed by atoms with Crippen molar-refractivity contribution in [3.63, 3.8) is 0 Å². The first kappa shape index (κ1) is 9.49. The third kappa shape index (κ3) is 1.59. The maximum absolute atomic E-state index is 12.8. The van der Waals surface area contributed by atoms with Crippen molar-refractivity contribution >= 4 is 28.4 Å². The Labute approximate surface area is 79.1 Å². The van der Waals surface area contributed by atoms with Gasteiger partial charge in [0.25, 0.3) is 5.24 Å². The van der Waals surface area contributed by atoms with Gasteiger partial charge in [0, 0.05) is 0 Å². The zero-order chi connectivity index (χ0) is 9.30. The van der Waals surface area contributed by atoms with Crippen LogP contribution in [-0.2, 0) is 0 Å². The van der Waals surface area contributed by atoms with Crippen molar-refractivity contribution in [1.29, 1.82) is 0 Å². The first-order chi connectivity index (χ1) is 5.54. The standard InChI is InChI=1S/C8H5Cl2FO/c1-4-2-3-5(11)7(9)6(4)8(10)12/h2-3H,1H3. The van der Waals surface area contributed by atoms with E-state index in [9.17, 15) is 9.18 Å². The summed E-state index contributed by atoms with van der Waals surface area (Å²) in [7, 11) is 0. The van der Waals surface area contributed by atoms with E-state index in [4.69, 9.17) is 23.2 Å². The molecule has 0 saturated heterocycles. The predicted molar refractivity (Wildman–Crippen MR) is 46.3 cm³/mol. The summed E-state index contributed by atoms with van der Waals surface area (Å²) in [6.07, 6.45) is 0. The fraction of sp³-hybridized carbons (Fsp3) is 0.125. The average molecular weight is 207 g/mol. The maximum atomic E-state index is 12.8. The zero-order valence-corrected chi connectivity index (χ0v) is 7.71. The van der Waals surface area contributed by atoms with Crippen molar-refractivity contribution in [2.24, 2.45) is 0 Å². The van der Waals surface area contributed by atoms with Crippen LogP contribution in [0.25, 0.3) is 0 Å². The molecule has 0 aliphatic heterocycles. The Morgan fingerprint density at radius 2 is 2.08 bits per heavy atom. The molecule has 0 atom stereocenters. The van der Waals surface area contributed by atoms with Gasteiger partial charge in [0.1, 0.15) is 5.82 Å². The van der Waals surface area contributed by atoms with Gasteiger partial charge in [-0.05, 0) is 30.2 Å². The van der Waals surface area contributed by atoms with Crippen LogP contribution < -0.4 is 0 Å². The third-order valence-electron chi connectivity index (χ3n) is 1.50. The van der Waals surface area contributed by atoms with Gasteiger partial charge in [-0.15, -0.1) is 0 Å². The van der Waals surface area contributed by atoms with Gasteiger partial charge in [0.05, 0.1) is 10.6 Å². The molecule has 0 unspecified atom stereocenters. The lowest BCUT2D eigenvalue weighted by molar-refractivity contribution is 0.108. The Bertz CT molecular complexity index is 336. The highest BCUT2D eigenvalue weighted by Crippen LogP contribution is 2.24. The van der Waals surface area contributed by atoms with Crippen LogP contribution in [0.5, 0.6) is 0 Å². The second-order valence-electron chi connectivity index (χ2n) is 2.33. The van der Waals surface area contributed by atoms with Crippen molar-refractivity contribution in [3.8, 4) is 0 Å². The van der Waals surface area contributed by atoms with Gasteiger partial charge in [-0.1, -0.05) is 17.7 Å². The second kappa shape index (κ2) is 3.42. The molecule has 1 nitrogen and oxygen atoms in total. The number of rotatable bonds is 1. The van der Waals surface area contributed by atoms with Crippen LogP contribution in [0.4, 0.5) is 4.39 Å². The van der Waals surface area contributed by atoms with Crippen molar-refractivity contribution < 1.29 is 9.18 Å². The molecule has 1 rings (SSSR count). The van der Waals surface area contributed by atoms with E-state index in [0.717, 1.165) is 0 Å². The highest BCUT2D eigenvalue weighted by atomic mass is 35.5. The van der Waals surface area contributed by atoms with Gasteiger partial charge in [-0.2, -0.15) is 0 Å². The number of hydrogen-bond donors (Lipinski definition) is 0. The van der Waals surface area contributed by atoms with Gasteiger partial charge in [-0.3, -0.25) is 4.79 Å². The minimum atomic E-state index is -0.739. The Balaban J connectivity index is 3.43. The Hall–Kier alpha value is -0.600. The first-order valence-corrected chi connectivity index (χ1v) is 3.94. The van der Waals surface area contributed by atoms with Gasteiger partial charge in [0.2, 0.25) is 0 Å². The summed E-state index contributed by atoms with van der Waals surface area (Å²) in [5, 5.41) is -0.952. The second-order valence-corrected chi connectivity index (χ2v) is 3.05. The Kier molecular flexibility index (Phi) is 2.70. The van der Waals surface area contributed by atoms with Crippen LogP contribution in [-0.4, -0.2) is 5.24 Å². The summed E-state index contributed by atoms with van der Waals surface area (Å²) in [5.74, 6) is -0.633. The molecule has 0 N–H and O–H groups in total. The fourth-order valence-corrected chi connectivity index (χ4v) is 1.48. The van der Waals surface area contributed by atoms with E-state index in [1.807, 2.05) is 0 Å². The molecule has 1 aromatic carbocycles. The van der Waals surface area contributed by atoms with Crippen molar-refractivity contribution in [2.45, 2.75) is 6.92 Å². The van der Waals surface area contributed by atoms with Gasteiger partial charge >= 0.3 is 0 Å². The zero-order valence-electron chi connectivity index (χ0n) is 6.20. The quantitative estimate of drug-likeness (QED) is 0.646. The van der Waals surface area contributed by atoms with E-state index in [0.29, 0.717) is 5.56 Å². The minimum Gasteiger partial charge on any atom is -0.276 e. The molecule has 64 valence electrons. The summed E-state index contributed by atoms with van der Waals surface area (Å²) >= 11 is 10.7. The molecule has 0 spiro atoms. The van der Waals surface area contributed by atoms with E-state index < -0.39 is 11.1 Å². The molecule has 0 radical (unpaired) electrons. The molecule has 0 saturated carbocycles. The van der Waals surface area contributed by atoms with Crippen LogP contribution >= 0.6 is 23.2 Å². The molecule has 0 aliphatic rings. The molecular formula is C8H5Cl2FO. The van der Waals surface area contributed by atoms with Crippen LogP contribution in [0.3, 0.4) is 0 Å². The SMILES string of the molecule is Cc1ccc(F)c(Cl)c1C(=O)Cl. The number of carbonyl (C=O) groups is 1. The van der Waals surface area contributed by atoms with Crippen molar-refractivity contribution in [2.75, 3.05) is 0 Å². The van der Waals surface area contributed by atoms with Crippen LogP contribution in [0.15, 0.2) is 12.1 Å². The van der Waals surface area contributed by atoms with Crippen molar-refractivity contribution in [3.05, 3.63) is 34.1 Å². The van der Waals surface area contributed by atoms with E-state index in [2.05, 4.69) is 0 Å². The number of hydrogen-bond acceptors (Lipinski definition) is 1. The molecule has 12 heavy (non-hydrogen) atoms. The first-order valence-electron chi connectivity index (χ1n) is 3.18. The summed E-state index contributed by atoms with van der Waals surface area (Å²) in [4.78, 5) is 10.8. The minimum absolute atomic E-state index is 0.0401. The number of aryl methyl sites for hydroxylation is 1. The topological polar surface area (TPSA) is 17.1 Å². The highest BCUT2D eigenvalue weighted by Gasteiger charge is 2.14. The summed E-state index contributed by atoms with van der Waals surface area (Å²) in [6.45, 7) is 1.64. The summed E-state index contributed by atoms with van der Waals surface area (Å²) in [6, 6.07) is 2.65. The molecule has 0 amide bonds. The van der Waals surface area contributed by atoms with Crippen LogP contribution in [0, 0.1) is 12.7 Å². The molecule has 0 aliphatic carbocycles. The van der Waals surface area contributed by atoms with E-state index >= 15 is 0 Å².